The number of aromatic nitrogens is 3. The number of nitrogens with one attached hydrogen (secondary N) is 1. The smallest absolute Gasteiger partial charge is 0.163 e. The van der Waals surface area contributed by atoms with Gasteiger partial charge in [-0.25, -0.2) is 9.97 Å². The molecule has 0 aliphatic carbocycles. The molecule has 108 valence electrons. The zero-order valence-electron chi connectivity index (χ0n) is 12.3. The summed E-state index contributed by atoms with van der Waals surface area (Å²) in [6.45, 7) is 5.08. The summed E-state index contributed by atoms with van der Waals surface area (Å²) in [6, 6.07) is 6.18. The SMILES string of the molecule is CCCc1cc(NCC)nc(-c2cnc3ccsc3c2)n1. The highest BCUT2D eigenvalue weighted by molar-refractivity contribution is 7.17. The third kappa shape index (κ3) is 3.03. The average molecular weight is 298 g/mol. The zero-order valence-corrected chi connectivity index (χ0v) is 13.1. The molecule has 3 aromatic heterocycles. The van der Waals surface area contributed by atoms with Crippen LogP contribution in [0, 0.1) is 0 Å². The van der Waals surface area contributed by atoms with E-state index < -0.39 is 0 Å². The second-order valence-corrected chi connectivity index (χ2v) is 5.82. The number of hydrogen-bond donors (Lipinski definition) is 1. The molecule has 0 aliphatic heterocycles. The van der Waals surface area contributed by atoms with Gasteiger partial charge in [-0.2, -0.15) is 0 Å². The molecule has 0 bridgehead atoms. The average Bonchev–Trinajstić information content (AvgIpc) is 2.95. The fourth-order valence-corrected chi connectivity index (χ4v) is 3.03. The lowest BCUT2D eigenvalue weighted by Gasteiger charge is -2.08. The Bertz CT molecular complexity index is 727. The van der Waals surface area contributed by atoms with E-state index in [0.717, 1.165) is 47.8 Å². The van der Waals surface area contributed by atoms with E-state index in [2.05, 4.69) is 45.6 Å². The van der Waals surface area contributed by atoms with Crippen LogP contribution < -0.4 is 5.32 Å². The first-order chi connectivity index (χ1) is 10.3. The quantitative estimate of drug-likeness (QED) is 0.769. The van der Waals surface area contributed by atoms with Gasteiger partial charge in [0.1, 0.15) is 5.82 Å². The predicted molar refractivity (Wildman–Crippen MR) is 88.8 cm³/mol. The van der Waals surface area contributed by atoms with Gasteiger partial charge < -0.3 is 5.32 Å². The van der Waals surface area contributed by atoms with Gasteiger partial charge in [0, 0.05) is 30.1 Å². The highest BCUT2D eigenvalue weighted by atomic mass is 32.1. The fraction of sp³-hybridized carbons (Fsp3) is 0.312. The van der Waals surface area contributed by atoms with E-state index >= 15 is 0 Å². The van der Waals surface area contributed by atoms with E-state index in [1.165, 1.54) is 4.70 Å². The molecule has 3 heterocycles. The number of fused-ring (bicyclic) bond motifs is 1. The van der Waals surface area contributed by atoms with Crippen molar-refractivity contribution < 1.29 is 0 Å². The Morgan fingerprint density at radius 2 is 2.10 bits per heavy atom. The molecular formula is C16H18N4S. The monoisotopic (exact) mass is 298 g/mol. The van der Waals surface area contributed by atoms with Crippen LogP contribution in [0.4, 0.5) is 5.82 Å². The number of pyridine rings is 1. The van der Waals surface area contributed by atoms with Gasteiger partial charge in [0.05, 0.1) is 10.2 Å². The number of thiophene rings is 1. The van der Waals surface area contributed by atoms with Crippen LogP contribution in [0.3, 0.4) is 0 Å². The molecule has 0 saturated carbocycles. The molecule has 0 spiro atoms. The minimum absolute atomic E-state index is 0.750. The lowest BCUT2D eigenvalue weighted by atomic mass is 10.2. The Kier molecular flexibility index (Phi) is 4.10. The van der Waals surface area contributed by atoms with Crippen LogP contribution >= 0.6 is 11.3 Å². The van der Waals surface area contributed by atoms with Crippen molar-refractivity contribution in [2.45, 2.75) is 26.7 Å². The molecule has 0 aliphatic rings. The van der Waals surface area contributed by atoms with Crippen LogP contribution in [-0.2, 0) is 6.42 Å². The number of aryl methyl sites for hydroxylation is 1. The Morgan fingerprint density at radius 1 is 1.19 bits per heavy atom. The second-order valence-electron chi connectivity index (χ2n) is 4.88. The van der Waals surface area contributed by atoms with Crippen molar-refractivity contribution in [3.05, 3.63) is 35.5 Å². The Hall–Kier alpha value is -2.01. The molecule has 3 aromatic rings. The van der Waals surface area contributed by atoms with Gasteiger partial charge in [0.2, 0.25) is 0 Å². The molecule has 0 fully saturated rings. The van der Waals surface area contributed by atoms with Crippen molar-refractivity contribution in [1.82, 2.24) is 15.0 Å². The van der Waals surface area contributed by atoms with Crippen LogP contribution in [0.2, 0.25) is 0 Å². The minimum atomic E-state index is 0.750. The lowest BCUT2D eigenvalue weighted by Crippen LogP contribution is -2.04. The molecule has 3 rings (SSSR count). The van der Waals surface area contributed by atoms with Crippen LogP contribution in [-0.4, -0.2) is 21.5 Å². The summed E-state index contributed by atoms with van der Waals surface area (Å²) >= 11 is 1.69. The maximum Gasteiger partial charge on any atom is 0.163 e. The fourth-order valence-electron chi connectivity index (χ4n) is 2.25. The van der Waals surface area contributed by atoms with Gasteiger partial charge in [0.25, 0.3) is 0 Å². The second kappa shape index (κ2) is 6.18. The van der Waals surface area contributed by atoms with Crippen molar-refractivity contribution >= 4 is 27.4 Å². The number of nitrogens with zero attached hydrogens (tertiary/aromatic N) is 3. The summed E-state index contributed by atoms with van der Waals surface area (Å²) in [6.07, 6.45) is 3.89. The lowest BCUT2D eigenvalue weighted by molar-refractivity contribution is 0.875. The molecule has 21 heavy (non-hydrogen) atoms. The molecule has 0 saturated heterocycles. The molecule has 5 heteroatoms. The normalized spacial score (nSPS) is 11.0. The maximum atomic E-state index is 4.68. The Labute approximate surface area is 128 Å². The molecule has 0 unspecified atom stereocenters. The predicted octanol–water partition coefficient (Wildman–Crippen LogP) is 4.14. The van der Waals surface area contributed by atoms with E-state index in [-0.39, 0.29) is 0 Å². The summed E-state index contributed by atoms with van der Waals surface area (Å²) in [5.41, 5.74) is 3.08. The van der Waals surface area contributed by atoms with E-state index in [1.807, 2.05) is 18.3 Å². The van der Waals surface area contributed by atoms with E-state index in [0.29, 0.717) is 0 Å². The van der Waals surface area contributed by atoms with Crippen LogP contribution in [0.1, 0.15) is 26.0 Å². The first kappa shape index (κ1) is 13.9. The van der Waals surface area contributed by atoms with Gasteiger partial charge in [-0.05, 0) is 30.9 Å². The zero-order chi connectivity index (χ0) is 14.7. The van der Waals surface area contributed by atoms with Crippen molar-refractivity contribution in [2.24, 2.45) is 0 Å². The molecule has 0 radical (unpaired) electrons. The first-order valence-corrected chi connectivity index (χ1v) is 8.13. The van der Waals surface area contributed by atoms with E-state index in [4.69, 9.17) is 0 Å². The first-order valence-electron chi connectivity index (χ1n) is 7.25. The van der Waals surface area contributed by atoms with Crippen molar-refractivity contribution in [1.29, 1.82) is 0 Å². The van der Waals surface area contributed by atoms with Crippen LogP contribution in [0.15, 0.2) is 29.8 Å². The highest BCUT2D eigenvalue weighted by Crippen LogP contribution is 2.25. The van der Waals surface area contributed by atoms with Gasteiger partial charge in [-0.3, -0.25) is 4.98 Å². The Balaban J connectivity index is 2.06. The molecule has 1 N–H and O–H groups in total. The van der Waals surface area contributed by atoms with E-state index in [9.17, 15) is 0 Å². The largest absolute Gasteiger partial charge is 0.370 e. The van der Waals surface area contributed by atoms with Gasteiger partial charge in [-0.15, -0.1) is 11.3 Å². The van der Waals surface area contributed by atoms with Crippen LogP contribution in [0.5, 0.6) is 0 Å². The van der Waals surface area contributed by atoms with E-state index in [1.54, 1.807) is 11.3 Å². The molecule has 0 atom stereocenters. The number of hydrogen-bond acceptors (Lipinski definition) is 5. The summed E-state index contributed by atoms with van der Waals surface area (Å²) in [5.74, 6) is 1.64. The molecule has 0 aromatic carbocycles. The third-order valence-electron chi connectivity index (χ3n) is 3.20. The van der Waals surface area contributed by atoms with Crippen molar-refractivity contribution in [3.63, 3.8) is 0 Å². The molecule has 4 nitrogen and oxygen atoms in total. The van der Waals surface area contributed by atoms with Gasteiger partial charge in [-0.1, -0.05) is 13.3 Å². The minimum Gasteiger partial charge on any atom is -0.370 e. The Morgan fingerprint density at radius 3 is 2.90 bits per heavy atom. The molecule has 0 amide bonds. The summed E-state index contributed by atoms with van der Waals surface area (Å²) in [7, 11) is 0. The van der Waals surface area contributed by atoms with Crippen molar-refractivity contribution in [3.8, 4) is 11.4 Å². The number of rotatable bonds is 5. The van der Waals surface area contributed by atoms with Crippen LogP contribution in [0.25, 0.3) is 21.6 Å². The third-order valence-corrected chi connectivity index (χ3v) is 4.06. The standard InChI is InChI=1S/C16H18N4S/c1-3-5-12-9-15(17-4-2)20-16(19-12)11-8-14-13(18-10-11)6-7-21-14/h6-10H,3-5H2,1-2H3,(H,17,19,20). The summed E-state index contributed by atoms with van der Waals surface area (Å²) in [4.78, 5) is 13.8. The maximum absolute atomic E-state index is 4.68. The number of anilines is 1. The van der Waals surface area contributed by atoms with Gasteiger partial charge in [0.15, 0.2) is 5.82 Å². The van der Waals surface area contributed by atoms with Crippen molar-refractivity contribution in [2.75, 3.05) is 11.9 Å². The topological polar surface area (TPSA) is 50.7 Å². The summed E-state index contributed by atoms with van der Waals surface area (Å²) < 4.78 is 1.17. The molecular weight excluding hydrogens is 280 g/mol. The highest BCUT2D eigenvalue weighted by Gasteiger charge is 2.08. The summed E-state index contributed by atoms with van der Waals surface area (Å²) in [5, 5.41) is 5.34. The van der Waals surface area contributed by atoms with Gasteiger partial charge >= 0.3 is 0 Å².